The highest BCUT2D eigenvalue weighted by molar-refractivity contribution is 6.00. The fraction of sp³-hybridized carbons (Fsp3) is 0.310. The first kappa shape index (κ1) is 22.0. The second-order valence-electron chi connectivity index (χ2n) is 10.2. The smallest absolute Gasteiger partial charge is 0.227 e. The van der Waals surface area contributed by atoms with Crippen molar-refractivity contribution >= 4 is 39.2 Å². The number of nitrogens with zero attached hydrogens (tertiary/aromatic N) is 4. The Morgan fingerprint density at radius 2 is 1.81 bits per heavy atom. The Balaban J connectivity index is 1.23. The predicted octanol–water partition coefficient (Wildman–Crippen LogP) is 5.90. The Hall–Kier alpha value is -4.20. The number of carbonyl (C=O) groups is 1. The quantitative estimate of drug-likeness (QED) is 0.284. The van der Waals surface area contributed by atoms with Crippen molar-refractivity contribution < 1.29 is 4.79 Å². The number of amides is 1. The standard InChI is InChI=1S/C29H29N7O/c37-29(18-6-4-7-18)32-21-12-19(15-30-17-21)20-13-23-27(34-35-28(23)31-16-20)25-14-22-24(33-25)8-5-9-26(22)36-10-2-1-3-11-36/h5,8-9,12-18,33H,1-4,6-7,10-11H2,(H,32,37)(H,31,34,35). The lowest BCUT2D eigenvalue weighted by Crippen LogP contribution is -2.29. The summed E-state index contributed by atoms with van der Waals surface area (Å²) in [6, 6.07) is 12.7. The van der Waals surface area contributed by atoms with Crippen LogP contribution >= 0.6 is 0 Å². The van der Waals surface area contributed by atoms with Crippen LogP contribution in [0.15, 0.2) is 55.0 Å². The molecule has 3 N–H and O–H groups in total. The van der Waals surface area contributed by atoms with Crippen molar-refractivity contribution in [2.24, 2.45) is 5.92 Å². The maximum Gasteiger partial charge on any atom is 0.227 e. The average molecular weight is 492 g/mol. The fourth-order valence-corrected chi connectivity index (χ4v) is 5.52. The van der Waals surface area contributed by atoms with Gasteiger partial charge in [0.25, 0.3) is 0 Å². The van der Waals surface area contributed by atoms with Crippen LogP contribution in [0, 0.1) is 5.92 Å². The van der Waals surface area contributed by atoms with Gasteiger partial charge >= 0.3 is 0 Å². The van der Waals surface area contributed by atoms with Crippen LogP contribution in [0.25, 0.3) is 44.5 Å². The molecule has 4 aromatic heterocycles. The molecule has 7 rings (SSSR count). The highest BCUT2D eigenvalue weighted by atomic mass is 16.1. The largest absolute Gasteiger partial charge is 0.371 e. The highest BCUT2D eigenvalue weighted by Gasteiger charge is 2.25. The number of fused-ring (bicyclic) bond motifs is 2. The first-order valence-electron chi connectivity index (χ1n) is 13.2. The van der Waals surface area contributed by atoms with Gasteiger partial charge in [0.15, 0.2) is 5.65 Å². The van der Waals surface area contributed by atoms with Crippen molar-refractivity contribution in [2.75, 3.05) is 23.3 Å². The lowest BCUT2D eigenvalue weighted by molar-refractivity contribution is -0.122. The molecule has 2 fully saturated rings. The van der Waals surface area contributed by atoms with Gasteiger partial charge < -0.3 is 15.2 Å². The second kappa shape index (κ2) is 9.03. The second-order valence-corrected chi connectivity index (χ2v) is 10.2. The van der Waals surface area contributed by atoms with Crippen molar-refractivity contribution in [3.63, 3.8) is 0 Å². The minimum Gasteiger partial charge on any atom is -0.371 e. The molecule has 186 valence electrons. The summed E-state index contributed by atoms with van der Waals surface area (Å²) in [5.74, 6) is 0.209. The van der Waals surface area contributed by atoms with Crippen LogP contribution in [-0.4, -0.2) is 44.1 Å². The van der Waals surface area contributed by atoms with E-state index in [2.05, 4.69) is 65.7 Å². The van der Waals surface area contributed by atoms with E-state index < -0.39 is 0 Å². The zero-order chi connectivity index (χ0) is 24.8. The normalized spacial score (nSPS) is 16.3. The average Bonchev–Trinajstić information content (AvgIpc) is 3.52. The molecule has 8 nitrogen and oxygen atoms in total. The van der Waals surface area contributed by atoms with E-state index in [0.29, 0.717) is 5.69 Å². The van der Waals surface area contributed by atoms with Crippen LogP contribution in [0.3, 0.4) is 0 Å². The number of H-pyrrole nitrogens is 2. The number of piperidine rings is 1. The summed E-state index contributed by atoms with van der Waals surface area (Å²) in [5, 5.41) is 12.9. The third kappa shape index (κ3) is 4.02. The molecule has 8 heteroatoms. The summed E-state index contributed by atoms with van der Waals surface area (Å²) in [6.07, 6.45) is 12.2. The zero-order valence-electron chi connectivity index (χ0n) is 20.6. The van der Waals surface area contributed by atoms with Crippen LogP contribution in [0.4, 0.5) is 11.4 Å². The third-order valence-electron chi connectivity index (χ3n) is 7.82. The van der Waals surface area contributed by atoms with Gasteiger partial charge in [-0.15, -0.1) is 0 Å². The molecule has 2 aliphatic rings. The van der Waals surface area contributed by atoms with E-state index in [1.807, 2.05) is 12.3 Å². The SMILES string of the molecule is O=C(Nc1cncc(-c2cnc3[nH]nc(-c4cc5c(N6CCCCC6)cccc5[nH]4)c3c2)c1)C1CCC1. The first-order valence-corrected chi connectivity index (χ1v) is 13.2. The van der Waals surface area contributed by atoms with Crippen molar-refractivity contribution in [2.45, 2.75) is 38.5 Å². The van der Waals surface area contributed by atoms with Crippen LogP contribution in [0.5, 0.6) is 0 Å². The van der Waals surface area contributed by atoms with E-state index in [1.54, 1.807) is 12.4 Å². The first-order chi connectivity index (χ1) is 18.2. The van der Waals surface area contributed by atoms with E-state index in [1.165, 1.54) is 30.3 Å². The molecule has 1 aliphatic heterocycles. The minimum atomic E-state index is 0.0821. The lowest BCUT2D eigenvalue weighted by atomic mass is 9.85. The van der Waals surface area contributed by atoms with Crippen LogP contribution < -0.4 is 10.2 Å². The fourth-order valence-electron chi connectivity index (χ4n) is 5.52. The summed E-state index contributed by atoms with van der Waals surface area (Å²) in [7, 11) is 0. The van der Waals surface area contributed by atoms with Gasteiger partial charge in [-0.3, -0.25) is 14.9 Å². The van der Waals surface area contributed by atoms with E-state index in [9.17, 15) is 4.79 Å². The highest BCUT2D eigenvalue weighted by Crippen LogP contribution is 2.35. The number of anilines is 2. The Labute approximate surface area is 214 Å². The Kier molecular flexibility index (Phi) is 5.38. The molecule has 0 bridgehead atoms. The van der Waals surface area contributed by atoms with Crippen molar-refractivity contribution in [1.29, 1.82) is 0 Å². The molecule has 5 heterocycles. The van der Waals surface area contributed by atoms with E-state index in [-0.39, 0.29) is 11.8 Å². The lowest BCUT2D eigenvalue weighted by Gasteiger charge is -2.29. The number of benzene rings is 1. The van der Waals surface area contributed by atoms with Gasteiger partial charge in [0.2, 0.25) is 5.91 Å². The summed E-state index contributed by atoms with van der Waals surface area (Å²) < 4.78 is 0. The molecular weight excluding hydrogens is 462 g/mol. The van der Waals surface area contributed by atoms with Gasteiger partial charge in [-0.1, -0.05) is 12.5 Å². The molecule has 1 aromatic carbocycles. The molecule has 5 aromatic rings. The van der Waals surface area contributed by atoms with Gasteiger partial charge in [-0.2, -0.15) is 5.10 Å². The number of hydrogen-bond acceptors (Lipinski definition) is 5. The van der Waals surface area contributed by atoms with Gasteiger partial charge in [-0.25, -0.2) is 4.98 Å². The summed E-state index contributed by atoms with van der Waals surface area (Å²) >= 11 is 0. The monoisotopic (exact) mass is 491 g/mol. The molecule has 1 amide bonds. The molecule has 0 radical (unpaired) electrons. The van der Waals surface area contributed by atoms with Crippen LogP contribution in [-0.2, 0) is 4.79 Å². The number of aromatic nitrogens is 5. The van der Waals surface area contributed by atoms with Crippen LogP contribution in [0.1, 0.15) is 38.5 Å². The summed E-state index contributed by atoms with van der Waals surface area (Å²) in [4.78, 5) is 27.5. The minimum absolute atomic E-state index is 0.0821. The van der Waals surface area contributed by atoms with Gasteiger partial charge in [0, 0.05) is 64.5 Å². The summed E-state index contributed by atoms with van der Waals surface area (Å²) in [6.45, 7) is 2.21. The Morgan fingerprint density at radius 1 is 0.946 bits per heavy atom. The number of carbonyl (C=O) groups excluding carboxylic acids is 1. The van der Waals surface area contributed by atoms with E-state index in [4.69, 9.17) is 0 Å². The maximum absolute atomic E-state index is 12.4. The van der Waals surface area contributed by atoms with Crippen molar-refractivity contribution in [3.8, 4) is 22.5 Å². The number of hydrogen-bond donors (Lipinski definition) is 3. The van der Waals surface area contributed by atoms with Crippen molar-refractivity contribution in [1.82, 2.24) is 25.1 Å². The zero-order valence-corrected chi connectivity index (χ0v) is 20.6. The van der Waals surface area contributed by atoms with E-state index >= 15 is 0 Å². The van der Waals surface area contributed by atoms with Crippen LogP contribution in [0.2, 0.25) is 0 Å². The predicted molar refractivity (Wildman–Crippen MR) is 146 cm³/mol. The molecular formula is C29H29N7O. The molecule has 37 heavy (non-hydrogen) atoms. The number of aromatic amines is 2. The Morgan fingerprint density at radius 3 is 2.65 bits per heavy atom. The molecule has 0 atom stereocenters. The maximum atomic E-state index is 12.4. The van der Waals surface area contributed by atoms with Crippen molar-refractivity contribution in [3.05, 3.63) is 55.0 Å². The molecule has 0 spiro atoms. The Bertz CT molecular complexity index is 1610. The molecule has 1 saturated heterocycles. The molecule has 1 saturated carbocycles. The van der Waals surface area contributed by atoms with Gasteiger partial charge in [0.1, 0.15) is 5.69 Å². The topological polar surface area (TPSA) is 103 Å². The molecule has 0 unspecified atom stereocenters. The molecule has 1 aliphatic carbocycles. The van der Waals surface area contributed by atoms with E-state index in [0.717, 1.165) is 71.4 Å². The number of pyridine rings is 2. The number of rotatable bonds is 5. The van der Waals surface area contributed by atoms with Gasteiger partial charge in [-0.05, 0) is 62.4 Å². The van der Waals surface area contributed by atoms with Gasteiger partial charge in [0.05, 0.1) is 17.6 Å². The third-order valence-corrected chi connectivity index (χ3v) is 7.82. The number of nitrogens with one attached hydrogen (secondary N) is 3. The summed E-state index contributed by atoms with van der Waals surface area (Å²) in [5.41, 5.74) is 7.46.